The maximum Gasteiger partial charge on any atom is 0.306 e. The topological polar surface area (TPSA) is 71.1 Å². The van der Waals surface area contributed by atoms with Gasteiger partial charge in [-0.25, -0.2) is 0 Å². The molecule has 8 aliphatic rings. The normalized spacial score (nSPS) is 35.4. The van der Waals surface area contributed by atoms with E-state index in [1.54, 1.807) is 11.1 Å². The second kappa shape index (κ2) is 26.6. The molecule has 0 heterocycles. The van der Waals surface area contributed by atoms with Crippen LogP contribution in [-0.2, 0) is 19.1 Å². The van der Waals surface area contributed by atoms with Crippen molar-refractivity contribution in [3.8, 4) is 22.6 Å². The van der Waals surface area contributed by atoms with Crippen LogP contribution in [0.4, 0.5) is 0 Å². The lowest BCUT2D eigenvalue weighted by Crippen LogP contribution is -2.51. The first kappa shape index (κ1) is 61.5. The predicted molar refractivity (Wildman–Crippen MR) is 336 cm³/mol. The van der Waals surface area contributed by atoms with Crippen LogP contribution in [0.15, 0.2) is 71.8 Å². The molecule has 2 aromatic rings. The van der Waals surface area contributed by atoms with Crippen LogP contribution >= 0.6 is 0 Å². The van der Waals surface area contributed by atoms with Crippen LogP contribution in [0.2, 0.25) is 0 Å². The Bertz CT molecular complexity index is 2490. The van der Waals surface area contributed by atoms with E-state index >= 15 is 0 Å². The summed E-state index contributed by atoms with van der Waals surface area (Å²) >= 11 is 0. The smallest absolute Gasteiger partial charge is 0.306 e. The summed E-state index contributed by atoms with van der Waals surface area (Å²) in [7, 11) is 0. The lowest BCUT2D eigenvalue weighted by Gasteiger charge is -2.58. The highest BCUT2D eigenvalue weighted by Crippen LogP contribution is 2.69. The lowest BCUT2D eigenvalue weighted by molar-refractivity contribution is -0.152. The van der Waals surface area contributed by atoms with Crippen molar-refractivity contribution in [1.82, 2.24) is 0 Å². The molecule has 10 rings (SSSR count). The Morgan fingerprint density at radius 1 is 0.463 bits per heavy atom. The Morgan fingerprint density at radius 2 is 0.890 bits per heavy atom. The van der Waals surface area contributed by atoms with E-state index in [1.807, 2.05) is 24.3 Å². The molecule has 0 unspecified atom stereocenters. The second-order valence-corrected chi connectivity index (χ2v) is 30.9. The molecular weight excluding hydrogens is 1010 g/mol. The van der Waals surface area contributed by atoms with Gasteiger partial charge in [0, 0.05) is 25.7 Å². The molecule has 82 heavy (non-hydrogen) atoms. The third kappa shape index (κ3) is 13.4. The minimum Gasteiger partial charge on any atom is -0.494 e. The number of benzene rings is 2. The highest BCUT2D eigenvalue weighted by atomic mass is 16.5. The van der Waals surface area contributed by atoms with Crippen molar-refractivity contribution >= 4 is 11.9 Å². The summed E-state index contributed by atoms with van der Waals surface area (Å²) in [6, 6.07) is 16.5. The van der Waals surface area contributed by atoms with Gasteiger partial charge in [-0.05, 0) is 244 Å². The molecule has 6 fully saturated rings. The summed E-state index contributed by atoms with van der Waals surface area (Å²) in [6.07, 6.45) is 37.8. The average Bonchev–Trinajstić information content (AvgIpc) is 2.17. The highest BCUT2D eigenvalue weighted by Gasteiger charge is 2.61. The van der Waals surface area contributed by atoms with Gasteiger partial charge in [-0.2, -0.15) is 0 Å². The van der Waals surface area contributed by atoms with Crippen molar-refractivity contribution in [1.29, 1.82) is 0 Å². The maximum atomic E-state index is 13.1. The number of carbonyl (C=O) groups excluding carboxylic acids is 2. The van der Waals surface area contributed by atoms with E-state index < -0.39 is 0 Å². The summed E-state index contributed by atoms with van der Waals surface area (Å²) < 4.78 is 24.6. The number of allylic oxidation sites excluding steroid dienone is 2. The zero-order valence-corrected chi connectivity index (χ0v) is 53.5. The van der Waals surface area contributed by atoms with Crippen molar-refractivity contribution < 1.29 is 28.5 Å². The quantitative estimate of drug-likeness (QED) is 0.0560. The first-order valence-corrected chi connectivity index (χ1v) is 34.6. The van der Waals surface area contributed by atoms with E-state index in [0.717, 1.165) is 151 Å². The zero-order chi connectivity index (χ0) is 57.8. The van der Waals surface area contributed by atoms with Crippen LogP contribution in [0.3, 0.4) is 0 Å². The molecule has 0 amide bonds. The third-order valence-electron chi connectivity index (χ3n) is 25.2. The lowest BCUT2D eigenvalue weighted by atomic mass is 9.47. The Hall–Kier alpha value is -3.54. The molecule has 6 nitrogen and oxygen atoms in total. The number of esters is 2. The van der Waals surface area contributed by atoms with Gasteiger partial charge in [-0.15, -0.1) is 0 Å². The minimum atomic E-state index is -0.0868. The van der Waals surface area contributed by atoms with E-state index in [2.05, 4.69) is 106 Å². The molecule has 0 saturated heterocycles. The fourth-order valence-corrected chi connectivity index (χ4v) is 20.6. The van der Waals surface area contributed by atoms with Gasteiger partial charge in [0.25, 0.3) is 0 Å². The SMILES string of the molecule is CC(C)CCC[C@@H](C)[C@H]1CC[C@H]2[C@@H]3CC=C4C[C@@H](OC(=O)CCCCCOc5ccc(-c6ccc(OCCCC(=O)O[C@H]7CC[C@@]8(C)C(=CC[C@H]9[C@@H]%10CC[C@H]([C@H](C)CCCC(C)C)[C@@]%10(C)CC[C@@H]98)C7)cc6)cc5)CC[C@]4(C)[C@H]3CC[C@]12C. The fourth-order valence-electron chi connectivity index (χ4n) is 20.6. The number of hydrogen-bond acceptors (Lipinski definition) is 6. The minimum absolute atomic E-state index is 0.00239. The number of rotatable bonds is 25. The van der Waals surface area contributed by atoms with Gasteiger partial charge >= 0.3 is 11.9 Å². The number of unbranched alkanes of at least 4 members (excludes halogenated alkanes) is 2. The van der Waals surface area contributed by atoms with Crippen LogP contribution < -0.4 is 9.47 Å². The molecule has 8 aliphatic carbocycles. The summed E-state index contributed by atoms with van der Waals surface area (Å²) in [5, 5.41) is 0. The van der Waals surface area contributed by atoms with Crippen LogP contribution in [0, 0.1) is 92.7 Å². The molecule has 6 heteroatoms. The van der Waals surface area contributed by atoms with Crippen LogP contribution in [0.25, 0.3) is 11.1 Å². The number of hydrogen-bond donors (Lipinski definition) is 0. The summed E-state index contributed by atoms with van der Waals surface area (Å²) in [6.45, 7) is 26.3. The largest absolute Gasteiger partial charge is 0.494 e. The molecule has 2 aromatic carbocycles. The molecule has 0 aliphatic heterocycles. The van der Waals surface area contributed by atoms with Crippen molar-refractivity contribution in [2.75, 3.05) is 13.2 Å². The predicted octanol–water partition coefficient (Wildman–Crippen LogP) is 20.4. The highest BCUT2D eigenvalue weighted by molar-refractivity contribution is 5.70. The number of fused-ring (bicyclic) bond motifs is 10. The van der Waals surface area contributed by atoms with Crippen LogP contribution in [-0.4, -0.2) is 37.4 Å². The first-order valence-electron chi connectivity index (χ1n) is 34.6. The van der Waals surface area contributed by atoms with Gasteiger partial charge in [0.05, 0.1) is 13.2 Å². The van der Waals surface area contributed by atoms with E-state index in [4.69, 9.17) is 18.9 Å². The van der Waals surface area contributed by atoms with Crippen molar-refractivity contribution in [3.05, 3.63) is 71.8 Å². The van der Waals surface area contributed by atoms with Crippen molar-refractivity contribution in [2.24, 2.45) is 92.7 Å². The molecule has 0 spiro atoms. The fraction of sp³-hybridized carbons (Fsp3) is 0.763. The van der Waals surface area contributed by atoms with E-state index in [-0.39, 0.29) is 35.0 Å². The van der Waals surface area contributed by atoms with Crippen molar-refractivity contribution in [3.63, 3.8) is 0 Å². The van der Waals surface area contributed by atoms with E-state index in [1.165, 1.54) is 103 Å². The van der Waals surface area contributed by atoms with Crippen LogP contribution in [0.5, 0.6) is 11.5 Å². The Labute approximate surface area is 499 Å². The molecule has 6 saturated carbocycles. The molecule has 0 N–H and O–H groups in total. The Balaban J connectivity index is 0.579. The third-order valence-corrected chi connectivity index (χ3v) is 25.2. The van der Waals surface area contributed by atoms with Gasteiger partial charge in [0.15, 0.2) is 0 Å². The summed E-state index contributed by atoms with van der Waals surface area (Å²) in [4.78, 5) is 26.3. The average molecular weight is 1120 g/mol. The van der Waals surface area contributed by atoms with Gasteiger partial charge in [-0.1, -0.05) is 155 Å². The standard InChI is InChI=1S/C76H114O6/c1-51(2)17-14-19-53(5)65-35-37-67-63-33-27-57-49-61(39-43-73(57,7)69(63)41-45-75(65,67)9)81-71(77)21-12-11-13-47-79-59-29-23-55(24-30-59)56-25-31-60(32-26-56)80-48-16-22-72(78)82-62-40-44-74(8)58(50-62)28-34-64-68-38-36-66(54(6)20-15-18-52(3)4)76(68,10)46-42-70(64)74/h23-32,51-54,61-70H,11-22,33-50H2,1-10H3/t53-,54-,61+,62+,63+,64+,65-,66-,67+,68+,69+,70+,73+,74+,75-,76-/m1/s1. The molecule has 0 aromatic heterocycles. The number of ether oxygens (including phenoxy) is 4. The van der Waals surface area contributed by atoms with Gasteiger partial charge in [-0.3, -0.25) is 9.59 Å². The molecular formula is C76H114O6. The van der Waals surface area contributed by atoms with Gasteiger partial charge < -0.3 is 18.9 Å². The van der Waals surface area contributed by atoms with Crippen LogP contribution in [0.1, 0.15) is 249 Å². The van der Waals surface area contributed by atoms with E-state index in [0.29, 0.717) is 43.3 Å². The monoisotopic (exact) mass is 1120 g/mol. The Kier molecular flexibility index (Phi) is 20.0. The first-order chi connectivity index (χ1) is 39.4. The maximum absolute atomic E-state index is 13.1. The molecule has 0 radical (unpaired) electrons. The van der Waals surface area contributed by atoms with Gasteiger partial charge in [0.1, 0.15) is 23.7 Å². The molecule has 454 valence electrons. The summed E-state index contributed by atoms with van der Waals surface area (Å²) in [5.41, 5.74) is 6.99. The molecule has 16 atom stereocenters. The molecule has 0 bridgehead atoms. The second-order valence-electron chi connectivity index (χ2n) is 30.9. The van der Waals surface area contributed by atoms with Gasteiger partial charge in [0.2, 0.25) is 0 Å². The van der Waals surface area contributed by atoms with E-state index in [9.17, 15) is 9.59 Å². The summed E-state index contributed by atoms with van der Waals surface area (Å²) in [5.74, 6) is 11.6. The number of carbonyl (C=O) groups is 2. The zero-order valence-electron chi connectivity index (χ0n) is 53.5. The Morgan fingerprint density at radius 3 is 1.33 bits per heavy atom. The van der Waals surface area contributed by atoms with Crippen molar-refractivity contribution in [2.45, 2.75) is 261 Å².